The molecule has 10 heteroatoms. The minimum atomic E-state index is -1.01. The molecule has 0 unspecified atom stereocenters. The Kier molecular flexibility index (Phi) is 6.81. The van der Waals surface area contributed by atoms with E-state index in [0.717, 1.165) is 0 Å². The van der Waals surface area contributed by atoms with E-state index < -0.39 is 17.5 Å². The van der Waals surface area contributed by atoms with Crippen LogP contribution < -0.4 is 21.1 Å². The second kappa shape index (κ2) is 8.72. The first-order chi connectivity index (χ1) is 13.0. The fraction of sp³-hybridized carbons (Fsp3) is 0.333. The average Bonchev–Trinajstić information content (AvgIpc) is 2.63. The number of rotatable bonds is 6. The van der Waals surface area contributed by atoms with Gasteiger partial charge in [0.25, 0.3) is 5.56 Å². The lowest BCUT2D eigenvalue weighted by molar-refractivity contribution is -0.0973. The van der Waals surface area contributed by atoms with E-state index in [4.69, 9.17) is 14.7 Å². The smallest absolute Gasteiger partial charge is 0.405 e. The van der Waals surface area contributed by atoms with E-state index in [9.17, 15) is 14.0 Å². The third-order valence-corrected chi connectivity index (χ3v) is 4.25. The van der Waals surface area contributed by atoms with Gasteiger partial charge in [0.15, 0.2) is 5.75 Å². The lowest BCUT2D eigenvalue weighted by atomic mass is 10.2. The van der Waals surface area contributed by atoms with Gasteiger partial charge in [0.05, 0.1) is 24.2 Å². The number of carbonyl (C=O) groups is 1. The number of nitrogens with one attached hydrogen (secondary N) is 2. The van der Waals surface area contributed by atoms with Crippen LogP contribution in [0, 0.1) is 12.7 Å². The molecule has 8 nitrogen and oxygen atoms in total. The number of nitrogens with zero attached hydrogens (tertiary/aromatic N) is 1. The number of hydrogen-bond acceptors (Lipinski definition) is 6. The van der Waals surface area contributed by atoms with E-state index in [-0.39, 0.29) is 34.9 Å². The molecule has 0 saturated carbocycles. The van der Waals surface area contributed by atoms with Crippen molar-refractivity contribution in [3.63, 3.8) is 0 Å². The van der Waals surface area contributed by atoms with Gasteiger partial charge in [-0.1, -0.05) is 15.9 Å². The van der Waals surface area contributed by atoms with Crippen molar-refractivity contribution in [3.8, 4) is 5.75 Å². The largest absolute Gasteiger partial charge is 0.436 e. The standard InChI is InChI=1S/C18H21BrFN3O5/c1-10-15(21-13-6-5-11(19)7-12(13)20)14(8-23(4)16(10)25)27-17(26)22-28-18(2,3)9-24/h5-8,21,24H,9H2,1-4H3,(H,22,26). The molecular formula is C18H21BrFN3O5. The van der Waals surface area contributed by atoms with E-state index >= 15 is 0 Å². The molecule has 152 valence electrons. The summed E-state index contributed by atoms with van der Waals surface area (Å²) in [5.74, 6) is -0.567. The third kappa shape index (κ3) is 5.31. The normalized spacial score (nSPS) is 11.2. The van der Waals surface area contributed by atoms with Crippen molar-refractivity contribution in [2.45, 2.75) is 26.4 Å². The van der Waals surface area contributed by atoms with Gasteiger partial charge >= 0.3 is 6.09 Å². The second-order valence-electron chi connectivity index (χ2n) is 6.67. The van der Waals surface area contributed by atoms with Crippen molar-refractivity contribution >= 4 is 33.4 Å². The van der Waals surface area contributed by atoms with Crippen molar-refractivity contribution in [2.75, 3.05) is 11.9 Å². The van der Waals surface area contributed by atoms with Crippen molar-refractivity contribution in [3.05, 3.63) is 50.6 Å². The molecule has 1 amide bonds. The minimum Gasteiger partial charge on any atom is -0.405 e. The van der Waals surface area contributed by atoms with Gasteiger partial charge < -0.3 is 19.7 Å². The molecule has 0 spiro atoms. The Bertz CT molecular complexity index is 946. The van der Waals surface area contributed by atoms with Crippen molar-refractivity contribution < 1.29 is 23.9 Å². The molecule has 0 aliphatic carbocycles. The number of aliphatic hydroxyl groups is 1. The predicted octanol–water partition coefficient (Wildman–Crippen LogP) is 3.13. The zero-order chi connectivity index (χ0) is 21.1. The summed E-state index contributed by atoms with van der Waals surface area (Å²) in [5, 5.41) is 11.9. The molecule has 2 rings (SSSR count). The van der Waals surface area contributed by atoms with Gasteiger partial charge in [-0.2, -0.15) is 5.48 Å². The van der Waals surface area contributed by atoms with E-state index in [2.05, 4.69) is 26.7 Å². The maximum atomic E-state index is 14.2. The monoisotopic (exact) mass is 457 g/mol. The minimum absolute atomic E-state index is 0.00942. The van der Waals surface area contributed by atoms with Gasteiger partial charge in [-0.15, -0.1) is 0 Å². The highest BCUT2D eigenvalue weighted by Gasteiger charge is 2.21. The summed E-state index contributed by atoms with van der Waals surface area (Å²) < 4.78 is 21.2. The Morgan fingerprint density at radius 3 is 2.68 bits per heavy atom. The first-order valence-corrected chi connectivity index (χ1v) is 9.02. The molecular weight excluding hydrogens is 437 g/mol. The molecule has 0 aliphatic heterocycles. The molecule has 1 aromatic carbocycles. The lowest BCUT2D eigenvalue weighted by Crippen LogP contribution is -2.39. The van der Waals surface area contributed by atoms with Crippen LogP contribution in [0.1, 0.15) is 19.4 Å². The van der Waals surface area contributed by atoms with Gasteiger partial charge in [-0.25, -0.2) is 9.18 Å². The van der Waals surface area contributed by atoms with Crippen LogP contribution in [0.5, 0.6) is 5.75 Å². The zero-order valence-corrected chi connectivity index (χ0v) is 17.4. The number of carbonyl (C=O) groups excluding carboxylic acids is 1. The highest BCUT2D eigenvalue weighted by molar-refractivity contribution is 9.10. The van der Waals surface area contributed by atoms with Crippen LogP contribution in [0.3, 0.4) is 0 Å². The summed E-state index contributed by atoms with van der Waals surface area (Å²) >= 11 is 3.17. The van der Waals surface area contributed by atoms with E-state index in [1.807, 2.05) is 0 Å². The number of aryl methyl sites for hydroxylation is 1. The summed E-state index contributed by atoms with van der Waals surface area (Å²) in [7, 11) is 1.50. The van der Waals surface area contributed by atoms with E-state index in [0.29, 0.717) is 4.47 Å². The lowest BCUT2D eigenvalue weighted by Gasteiger charge is -2.22. The number of halogens is 2. The summed E-state index contributed by atoms with van der Waals surface area (Å²) in [5.41, 5.74) is 1.18. The van der Waals surface area contributed by atoms with E-state index in [1.54, 1.807) is 19.9 Å². The number of anilines is 2. The van der Waals surface area contributed by atoms with Gasteiger partial charge in [0, 0.05) is 17.1 Å². The first-order valence-electron chi connectivity index (χ1n) is 8.23. The highest BCUT2D eigenvalue weighted by Crippen LogP contribution is 2.31. The number of hydroxylamine groups is 1. The predicted molar refractivity (Wildman–Crippen MR) is 105 cm³/mol. The Morgan fingerprint density at radius 1 is 1.39 bits per heavy atom. The first kappa shape index (κ1) is 21.9. The summed E-state index contributed by atoms with van der Waals surface area (Å²) in [6.45, 7) is 4.32. The molecule has 3 N–H and O–H groups in total. The van der Waals surface area contributed by atoms with Gasteiger partial charge in [-0.05, 0) is 39.0 Å². The molecule has 28 heavy (non-hydrogen) atoms. The fourth-order valence-corrected chi connectivity index (χ4v) is 2.48. The second-order valence-corrected chi connectivity index (χ2v) is 7.59. The third-order valence-electron chi connectivity index (χ3n) is 3.76. The van der Waals surface area contributed by atoms with Crippen LogP contribution in [0.2, 0.25) is 0 Å². The maximum absolute atomic E-state index is 14.2. The average molecular weight is 458 g/mol. The molecule has 1 heterocycles. The van der Waals surface area contributed by atoms with E-state index in [1.165, 1.54) is 36.9 Å². The highest BCUT2D eigenvalue weighted by atomic mass is 79.9. The fourth-order valence-electron chi connectivity index (χ4n) is 2.15. The number of hydrogen-bond donors (Lipinski definition) is 3. The molecule has 2 aromatic rings. The van der Waals surface area contributed by atoms with Crippen LogP contribution >= 0.6 is 15.9 Å². The summed E-state index contributed by atoms with van der Waals surface area (Å²) in [6.07, 6.45) is 0.324. The number of aromatic nitrogens is 1. The van der Waals surface area contributed by atoms with Crippen LogP contribution in [-0.2, 0) is 11.9 Å². The topological polar surface area (TPSA) is 102 Å². The van der Waals surface area contributed by atoms with Crippen LogP contribution in [0.25, 0.3) is 0 Å². The number of amides is 1. The molecule has 0 radical (unpaired) electrons. The number of pyridine rings is 1. The number of benzene rings is 1. The molecule has 1 aromatic heterocycles. The summed E-state index contributed by atoms with van der Waals surface area (Å²) in [4.78, 5) is 29.4. The Labute approximate surface area is 169 Å². The maximum Gasteiger partial charge on any atom is 0.436 e. The molecule has 0 fully saturated rings. The van der Waals surface area contributed by atoms with Gasteiger partial charge in [0.2, 0.25) is 0 Å². The molecule has 0 atom stereocenters. The van der Waals surface area contributed by atoms with Crippen molar-refractivity contribution in [1.29, 1.82) is 0 Å². The van der Waals surface area contributed by atoms with Crippen LogP contribution in [-0.4, -0.2) is 28.0 Å². The quantitative estimate of drug-likeness (QED) is 0.575. The van der Waals surface area contributed by atoms with Gasteiger partial charge in [-0.3, -0.25) is 9.63 Å². The number of ether oxygens (including phenoxy) is 1. The summed E-state index contributed by atoms with van der Waals surface area (Å²) in [6, 6.07) is 4.36. The molecule has 0 saturated heterocycles. The van der Waals surface area contributed by atoms with Gasteiger partial charge in [0.1, 0.15) is 11.4 Å². The molecule has 0 bridgehead atoms. The zero-order valence-electron chi connectivity index (χ0n) is 15.8. The van der Waals surface area contributed by atoms with Crippen LogP contribution in [0.15, 0.2) is 33.7 Å². The number of aliphatic hydroxyl groups excluding tert-OH is 1. The van der Waals surface area contributed by atoms with Crippen LogP contribution in [0.4, 0.5) is 20.6 Å². The van der Waals surface area contributed by atoms with Crippen molar-refractivity contribution in [2.24, 2.45) is 7.05 Å². The Morgan fingerprint density at radius 2 is 2.07 bits per heavy atom. The Balaban J connectivity index is 2.33. The Hall–Kier alpha value is -2.43. The SMILES string of the molecule is Cc1c(Nc2ccc(Br)cc2F)c(OC(=O)NOC(C)(C)CO)cn(C)c1=O. The van der Waals surface area contributed by atoms with Crippen molar-refractivity contribution in [1.82, 2.24) is 10.0 Å². The molecule has 0 aliphatic rings.